The molecule has 106 valence electrons. The minimum atomic E-state index is 0.968. The minimum Gasteiger partial charge on any atom is -0.385 e. The van der Waals surface area contributed by atoms with Crippen molar-refractivity contribution in [2.75, 3.05) is 45.1 Å². The highest BCUT2D eigenvalue weighted by Crippen LogP contribution is 2.11. The van der Waals surface area contributed by atoms with Crippen LogP contribution < -0.4 is 5.32 Å². The Bertz CT molecular complexity index is 380. The number of nitrogens with one attached hydrogen (secondary N) is 1. The second-order valence-corrected chi connectivity index (χ2v) is 5.40. The molecule has 2 heterocycles. The van der Waals surface area contributed by atoms with Crippen LogP contribution in [-0.4, -0.2) is 54.6 Å². The van der Waals surface area contributed by atoms with Gasteiger partial charge in [-0.3, -0.25) is 9.88 Å². The minimum absolute atomic E-state index is 0.968. The summed E-state index contributed by atoms with van der Waals surface area (Å²) in [7, 11) is 2.21. The topological polar surface area (TPSA) is 31.4 Å². The Morgan fingerprint density at radius 3 is 3.00 bits per heavy atom. The summed E-state index contributed by atoms with van der Waals surface area (Å²) >= 11 is 0. The predicted molar refractivity (Wildman–Crippen MR) is 80.4 cm³/mol. The van der Waals surface area contributed by atoms with Gasteiger partial charge in [0.15, 0.2) is 0 Å². The number of pyridine rings is 1. The Hall–Kier alpha value is -1.13. The molecule has 0 amide bonds. The van der Waals surface area contributed by atoms with E-state index in [0.29, 0.717) is 0 Å². The maximum atomic E-state index is 4.50. The Labute approximate surface area is 116 Å². The maximum absolute atomic E-state index is 4.50. The number of anilines is 1. The van der Waals surface area contributed by atoms with Crippen molar-refractivity contribution >= 4 is 5.69 Å². The molecule has 0 saturated carbocycles. The lowest BCUT2D eigenvalue weighted by Gasteiger charge is -2.19. The summed E-state index contributed by atoms with van der Waals surface area (Å²) in [5.41, 5.74) is 2.37. The van der Waals surface area contributed by atoms with E-state index in [1.54, 1.807) is 0 Å². The molecular weight excluding hydrogens is 236 g/mol. The Morgan fingerprint density at radius 2 is 2.16 bits per heavy atom. The van der Waals surface area contributed by atoms with E-state index in [1.807, 2.05) is 6.20 Å². The molecule has 0 atom stereocenters. The summed E-state index contributed by atoms with van der Waals surface area (Å²) in [5.74, 6) is 0. The third kappa shape index (κ3) is 4.80. The van der Waals surface area contributed by atoms with E-state index in [4.69, 9.17) is 0 Å². The van der Waals surface area contributed by atoms with Crippen LogP contribution in [0, 0.1) is 0 Å². The molecule has 1 aromatic rings. The Morgan fingerprint density at radius 1 is 1.26 bits per heavy atom. The zero-order valence-corrected chi connectivity index (χ0v) is 12.2. The van der Waals surface area contributed by atoms with Crippen molar-refractivity contribution in [1.29, 1.82) is 0 Å². The van der Waals surface area contributed by atoms with Crippen LogP contribution in [0.5, 0.6) is 0 Å². The normalized spacial score (nSPS) is 18.2. The average Bonchev–Trinajstić information content (AvgIpc) is 2.62. The highest BCUT2D eigenvalue weighted by Gasteiger charge is 2.12. The fourth-order valence-corrected chi connectivity index (χ4v) is 2.43. The van der Waals surface area contributed by atoms with Crippen molar-refractivity contribution in [2.45, 2.75) is 26.3 Å². The summed E-state index contributed by atoms with van der Waals surface area (Å²) in [4.78, 5) is 9.41. The molecule has 1 aromatic heterocycles. The van der Waals surface area contributed by atoms with E-state index in [-0.39, 0.29) is 0 Å². The molecular formula is C15H26N4. The highest BCUT2D eigenvalue weighted by atomic mass is 15.2. The Kier molecular flexibility index (Phi) is 5.61. The van der Waals surface area contributed by atoms with Crippen LogP contribution >= 0.6 is 0 Å². The molecule has 4 nitrogen and oxygen atoms in total. The van der Waals surface area contributed by atoms with Gasteiger partial charge in [0.05, 0.1) is 5.69 Å². The average molecular weight is 262 g/mol. The van der Waals surface area contributed by atoms with Gasteiger partial charge in [0.2, 0.25) is 0 Å². The molecule has 0 radical (unpaired) electrons. The van der Waals surface area contributed by atoms with Crippen molar-refractivity contribution in [1.82, 2.24) is 14.8 Å². The quantitative estimate of drug-likeness (QED) is 0.880. The first kappa shape index (κ1) is 14.3. The SMILES string of the molecule is CCCNc1ccnc(CN2CCCN(C)CC2)c1. The predicted octanol–water partition coefficient (Wildman–Crippen LogP) is 2.04. The van der Waals surface area contributed by atoms with Crippen molar-refractivity contribution in [2.24, 2.45) is 0 Å². The lowest BCUT2D eigenvalue weighted by atomic mass is 10.2. The standard InChI is InChI=1S/C15H26N4/c1-3-6-16-14-5-7-17-15(12-14)13-19-9-4-8-18(2)10-11-19/h5,7,12H,3-4,6,8-11,13H2,1-2H3,(H,16,17). The monoisotopic (exact) mass is 262 g/mol. The second kappa shape index (κ2) is 7.46. The summed E-state index contributed by atoms with van der Waals surface area (Å²) in [5, 5.41) is 3.42. The van der Waals surface area contributed by atoms with Gasteiger partial charge >= 0.3 is 0 Å². The van der Waals surface area contributed by atoms with E-state index < -0.39 is 0 Å². The molecule has 0 unspecified atom stereocenters. The molecule has 1 saturated heterocycles. The number of likely N-dealkylation sites (N-methyl/N-ethyl adjacent to an activating group) is 1. The first-order chi connectivity index (χ1) is 9.28. The van der Waals surface area contributed by atoms with E-state index in [9.17, 15) is 0 Å². The van der Waals surface area contributed by atoms with Crippen LogP contribution in [0.25, 0.3) is 0 Å². The number of hydrogen-bond donors (Lipinski definition) is 1. The van der Waals surface area contributed by atoms with Gasteiger partial charge in [-0.1, -0.05) is 6.92 Å². The number of rotatable bonds is 5. The molecule has 4 heteroatoms. The number of aromatic nitrogens is 1. The van der Waals surface area contributed by atoms with Crippen molar-refractivity contribution in [3.05, 3.63) is 24.0 Å². The van der Waals surface area contributed by atoms with Crippen LogP contribution in [0.15, 0.2) is 18.3 Å². The maximum Gasteiger partial charge on any atom is 0.0564 e. The number of nitrogens with zero attached hydrogens (tertiary/aromatic N) is 3. The summed E-state index contributed by atoms with van der Waals surface area (Å²) < 4.78 is 0. The zero-order chi connectivity index (χ0) is 13.5. The molecule has 1 fully saturated rings. The smallest absolute Gasteiger partial charge is 0.0564 e. The summed E-state index contributed by atoms with van der Waals surface area (Å²) in [6.07, 6.45) is 4.32. The second-order valence-electron chi connectivity index (χ2n) is 5.40. The zero-order valence-electron chi connectivity index (χ0n) is 12.2. The van der Waals surface area contributed by atoms with E-state index in [2.05, 4.69) is 46.2 Å². The number of hydrogen-bond acceptors (Lipinski definition) is 4. The van der Waals surface area contributed by atoms with Gasteiger partial charge in [0.1, 0.15) is 0 Å². The molecule has 0 aliphatic carbocycles. The molecule has 19 heavy (non-hydrogen) atoms. The van der Waals surface area contributed by atoms with Gasteiger partial charge < -0.3 is 10.2 Å². The highest BCUT2D eigenvalue weighted by molar-refractivity contribution is 5.43. The van der Waals surface area contributed by atoms with Crippen molar-refractivity contribution < 1.29 is 0 Å². The van der Waals surface area contributed by atoms with Crippen LogP contribution in [-0.2, 0) is 6.54 Å². The Balaban J connectivity index is 1.90. The molecule has 1 aliphatic heterocycles. The fraction of sp³-hybridized carbons (Fsp3) is 0.667. The van der Waals surface area contributed by atoms with Crippen LogP contribution in [0.3, 0.4) is 0 Å². The van der Waals surface area contributed by atoms with Gasteiger partial charge in [-0.25, -0.2) is 0 Å². The van der Waals surface area contributed by atoms with E-state index in [0.717, 1.165) is 32.6 Å². The largest absolute Gasteiger partial charge is 0.385 e. The van der Waals surface area contributed by atoms with Crippen LogP contribution in [0.1, 0.15) is 25.5 Å². The van der Waals surface area contributed by atoms with Gasteiger partial charge in [0, 0.05) is 38.1 Å². The van der Waals surface area contributed by atoms with E-state index >= 15 is 0 Å². The molecule has 1 N–H and O–H groups in total. The molecule has 0 spiro atoms. The van der Waals surface area contributed by atoms with Gasteiger partial charge in [-0.05, 0) is 45.1 Å². The lowest BCUT2D eigenvalue weighted by molar-refractivity contribution is 0.266. The van der Waals surface area contributed by atoms with Crippen molar-refractivity contribution in [3.8, 4) is 0 Å². The lowest BCUT2D eigenvalue weighted by Crippen LogP contribution is -2.28. The molecule has 1 aliphatic rings. The van der Waals surface area contributed by atoms with Gasteiger partial charge in [-0.2, -0.15) is 0 Å². The van der Waals surface area contributed by atoms with E-state index in [1.165, 1.54) is 30.9 Å². The molecule has 0 aromatic carbocycles. The first-order valence-corrected chi connectivity index (χ1v) is 7.37. The third-order valence-electron chi connectivity index (χ3n) is 3.59. The van der Waals surface area contributed by atoms with Crippen LogP contribution in [0.4, 0.5) is 5.69 Å². The van der Waals surface area contributed by atoms with Crippen LogP contribution in [0.2, 0.25) is 0 Å². The van der Waals surface area contributed by atoms with Gasteiger partial charge in [-0.15, -0.1) is 0 Å². The summed E-state index contributed by atoms with van der Waals surface area (Å²) in [6, 6.07) is 4.24. The van der Waals surface area contributed by atoms with Crippen molar-refractivity contribution in [3.63, 3.8) is 0 Å². The molecule has 2 rings (SSSR count). The molecule has 0 bridgehead atoms. The first-order valence-electron chi connectivity index (χ1n) is 7.37. The summed E-state index contributed by atoms with van der Waals surface area (Å²) in [6.45, 7) is 8.87. The fourth-order valence-electron chi connectivity index (χ4n) is 2.43. The third-order valence-corrected chi connectivity index (χ3v) is 3.59. The van der Waals surface area contributed by atoms with Gasteiger partial charge in [0.25, 0.3) is 0 Å².